The quantitative estimate of drug-likeness (QED) is 0.819. The Balaban J connectivity index is 1.85. The number of para-hydroxylation sites is 1. The molecule has 18 heavy (non-hydrogen) atoms. The monoisotopic (exact) mass is 244 g/mol. The van der Waals surface area contributed by atoms with E-state index in [9.17, 15) is 4.79 Å². The molecule has 0 radical (unpaired) electrons. The van der Waals surface area contributed by atoms with E-state index in [0.717, 1.165) is 38.0 Å². The van der Waals surface area contributed by atoms with Crippen molar-refractivity contribution in [3.05, 3.63) is 29.8 Å². The summed E-state index contributed by atoms with van der Waals surface area (Å²) in [5.41, 5.74) is 2.43. The maximum atomic E-state index is 12.7. The van der Waals surface area contributed by atoms with E-state index in [0.29, 0.717) is 11.9 Å². The Morgan fingerprint density at radius 3 is 3.00 bits per heavy atom. The third-order valence-corrected chi connectivity index (χ3v) is 4.09. The van der Waals surface area contributed by atoms with E-state index in [4.69, 9.17) is 0 Å². The van der Waals surface area contributed by atoms with E-state index in [1.807, 2.05) is 11.0 Å². The molecule has 2 atom stereocenters. The van der Waals surface area contributed by atoms with E-state index >= 15 is 0 Å². The topological polar surface area (TPSA) is 32.3 Å². The molecule has 1 saturated heterocycles. The molecular formula is C15H20N2O. The molecule has 1 fully saturated rings. The van der Waals surface area contributed by atoms with E-state index in [-0.39, 0.29) is 5.92 Å². The molecule has 0 saturated carbocycles. The minimum absolute atomic E-state index is 0.160. The summed E-state index contributed by atoms with van der Waals surface area (Å²) in [5.74, 6) is 0.465. The third kappa shape index (κ3) is 1.93. The molecule has 1 amide bonds. The fourth-order valence-corrected chi connectivity index (χ4v) is 3.16. The van der Waals surface area contributed by atoms with Crippen molar-refractivity contribution in [3.8, 4) is 0 Å². The van der Waals surface area contributed by atoms with Crippen LogP contribution in [-0.4, -0.2) is 25.0 Å². The van der Waals surface area contributed by atoms with Gasteiger partial charge in [0.05, 0.1) is 5.92 Å². The predicted octanol–water partition coefficient (Wildman–Crippen LogP) is 1.96. The Hall–Kier alpha value is -1.35. The summed E-state index contributed by atoms with van der Waals surface area (Å²) in [4.78, 5) is 14.7. The number of carbonyl (C=O) groups excluding carboxylic acids is 1. The fourth-order valence-electron chi connectivity index (χ4n) is 3.16. The van der Waals surface area contributed by atoms with Crippen LogP contribution in [0.5, 0.6) is 0 Å². The molecule has 0 spiro atoms. The van der Waals surface area contributed by atoms with Gasteiger partial charge in [-0.3, -0.25) is 4.79 Å². The predicted molar refractivity (Wildman–Crippen MR) is 72.7 cm³/mol. The van der Waals surface area contributed by atoms with Crippen LogP contribution in [0.1, 0.15) is 25.3 Å². The highest BCUT2D eigenvalue weighted by Crippen LogP contribution is 2.33. The van der Waals surface area contributed by atoms with Crippen molar-refractivity contribution in [2.24, 2.45) is 5.92 Å². The van der Waals surface area contributed by atoms with Crippen LogP contribution in [0.15, 0.2) is 24.3 Å². The van der Waals surface area contributed by atoms with Crippen LogP contribution in [0, 0.1) is 5.92 Å². The molecule has 1 aromatic rings. The summed E-state index contributed by atoms with van der Waals surface area (Å²) in [7, 11) is 0. The molecule has 96 valence electrons. The summed E-state index contributed by atoms with van der Waals surface area (Å²) < 4.78 is 0. The highest BCUT2D eigenvalue weighted by molar-refractivity contribution is 5.97. The molecule has 3 nitrogen and oxygen atoms in total. The highest BCUT2D eigenvalue weighted by Gasteiger charge is 2.34. The lowest BCUT2D eigenvalue weighted by Gasteiger charge is -2.30. The second-order valence-corrected chi connectivity index (χ2v) is 5.43. The van der Waals surface area contributed by atoms with E-state index in [2.05, 4.69) is 30.4 Å². The zero-order valence-corrected chi connectivity index (χ0v) is 10.9. The zero-order valence-electron chi connectivity index (χ0n) is 10.9. The van der Waals surface area contributed by atoms with Crippen LogP contribution >= 0.6 is 0 Å². The minimum Gasteiger partial charge on any atom is -0.316 e. The summed E-state index contributed by atoms with van der Waals surface area (Å²) in [6.45, 7) is 4.04. The van der Waals surface area contributed by atoms with E-state index < -0.39 is 0 Å². The van der Waals surface area contributed by atoms with Gasteiger partial charge in [-0.2, -0.15) is 0 Å². The van der Waals surface area contributed by atoms with Gasteiger partial charge in [0.25, 0.3) is 0 Å². The first kappa shape index (κ1) is 11.7. The molecule has 3 heteroatoms. The van der Waals surface area contributed by atoms with Crippen LogP contribution in [0.3, 0.4) is 0 Å². The lowest BCUT2D eigenvalue weighted by molar-refractivity contribution is -0.123. The Morgan fingerprint density at radius 1 is 1.39 bits per heavy atom. The third-order valence-electron chi connectivity index (χ3n) is 4.09. The Labute approximate surface area is 108 Å². The number of benzene rings is 1. The lowest BCUT2D eigenvalue weighted by Crippen LogP contribution is -2.45. The standard InChI is InChI=1S/C15H20N2O/c1-11-9-12-5-2-3-7-14(12)17(11)15(18)13-6-4-8-16-10-13/h2-3,5,7,11,13,16H,4,6,8-10H2,1H3/t11-,13+/m0/s1. The Morgan fingerprint density at radius 2 is 2.22 bits per heavy atom. The van der Waals surface area contributed by atoms with Crippen LogP contribution in [0.4, 0.5) is 5.69 Å². The van der Waals surface area contributed by atoms with Gasteiger partial charge in [0.1, 0.15) is 0 Å². The van der Waals surface area contributed by atoms with Crippen molar-refractivity contribution < 1.29 is 4.79 Å². The molecule has 0 aliphatic carbocycles. The maximum absolute atomic E-state index is 12.7. The second-order valence-electron chi connectivity index (χ2n) is 5.43. The molecule has 2 aliphatic heterocycles. The summed E-state index contributed by atoms with van der Waals surface area (Å²) in [6.07, 6.45) is 3.12. The van der Waals surface area contributed by atoms with Crippen molar-refractivity contribution in [1.82, 2.24) is 5.32 Å². The number of nitrogens with one attached hydrogen (secondary N) is 1. The van der Waals surface area contributed by atoms with Gasteiger partial charge in [-0.1, -0.05) is 18.2 Å². The molecule has 3 rings (SSSR count). The van der Waals surface area contributed by atoms with Crippen molar-refractivity contribution in [1.29, 1.82) is 0 Å². The minimum atomic E-state index is 0.160. The number of piperidine rings is 1. The van der Waals surface area contributed by atoms with Gasteiger partial charge in [-0.15, -0.1) is 0 Å². The lowest BCUT2D eigenvalue weighted by atomic mass is 9.97. The molecule has 2 aliphatic rings. The smallest absolute Gasteiger partial charge is 0.231 e. The van der Waals surface area contributed by atoms with Crippen LogP contribution in [0.2, 0.25) is 0 Å². The molecule has 1 N–H and O–H groups in total. The van der Waals surface area contributed by atoms with Gasteiger partial charge < -0.3 is 10.2 Å². The zero-order chi connectivity index (χ0) is 12.5. The first-order valence-corrected chi connectivity index (χ1v) is 6.89. The van der Waals surface area contributed by atoms with Crippen LogP contribution in [-0.2, 0) is 11.2 Å². The number of amides is 1. The number of anilines is 1. The van der Waals surface area contributed by atoms with Crippen molar-refractivity contribution in [2.75, 3.05) is 18.0 Å². The number of rotatable bonds is 1. The molecule has 2 heterocycles. The molecular weight excluding hydrogens is 224 g/mol. The summed E-state index contributed by atoms with van der Waals surface area (Å²) in [5, 5.41) is 3.33. The van der Waals surface area contributed by atoms with Crippen molar-refractivity contribution in [3.63, 3.8) is 0 Å². The van der Waals surface area contributed by atoms with E-state index in [1.54, 1.807) is 0 Å². The van der Waals surface area contributed by atoms with Crippen molar-refractivity contribution >= 4 is 11.6 Å². The molecule has 0 unspecified atom stereocenters. The van der Waals surface area contributed by atoms with Crippen LogP contribution < -0.4 is 10.2 Å². The maximum Gasteiger partial charge on any atom is 0.231 e. The molecule has 0 bridgehead atoms. The highest BCUT2D eigenvalue weighted by atomic mass is 16.2. The van der Waals surface area contributed by atoms with Crippen molar-refractivity contribution in [2.45, 2.75) is 32.2 Å². The number of hydrogen-bond acceptors (Lipinski definition) is 2. The average molecular weight is 244 g/mol. The van der Waals surface area contributed by atoms with Gasteiger partial charge >= 0.3 is 0 Å². The first-order valence-electron chi connectivity index (χ1n) is 6.89. The largest absolute Gasteiger partial charge is 0.316 e. The molecule has 1 aromatic carbocycles. The number of hydrogen-bond donors (Lipinski definition) is 1. The van der Waals surface area contributed by atoms with Gasteiger partial charge in [0.2, 0.25) is 5.91 Å². The van der Waals surface area contributed by atoms with E-state index in [1.165, 1.54) is 5.56 Å². The van der Waals surface area contributed by atoms with Gasteiger partial charge in [0, 0.05) is 18.3 Å². The van der Waals surface area contributed by atoms with Crippen LogP contribution in [0.25, 0.3) is 0 Å². The number of nitrogens with zero attached hydrogens (tertiary/aromatic N) is 1. The fraction of sp³-hybridized carbons (Fsp3) is 0.533. The van der Waals surface area contributed by atoms with Gasteiger partial charge in [-0.25, -0.2) is 0 Å². The Kier molecular flexibility index (Phi) is 3.08. The van der Waals surface area contributed by atoms with Gasteiger partial charge in [-0.05, 0) is 44.4 Å². The number of fused-ring (bicyclic) bond motifs is 1. The number of carbonyl (C=O) groups is 1. The normalized spacial score (nSPS) is 27.1. The Bertz CT molecular complexity index is 452. The summed E-state index contributed by atoms with van der Waals surface area (Å²) >= 11 is 0. The average Bonchev–Trinajstić information content (AvgIpc) is 2.75. The molecule has 0 aromatic heterocycles. The van der Waals surface area contributed by atoms with Gasteiger partial charge in [0.15, 0.2) is 0 Å². The second kappa shape index (κ2) is 4.73. The summed E-state index contributed by atoms with van der Waals surface area (Å²) in [6, 6.07) is 8.60. The SMILES string of the molecule is C[C@H]1Cc2ccccc2N1C(=O)[C@@H]1CCCNC1. The first-order chi connectivity index (χ1) is 8.77.